The summed E-state index contributed by atoms with van der Waals surface area (Å²) in [4.78, 5) is 52.8. The van der Waals surface area contributed by atoms with Crippen LogP contribution in [-0.2, 0) is 20.0 Å². The van der Waals surface area contributed by atoms with Crippen molar-refractivity contribution in [3.8, 4) is 0 Å². The van der Waals surface area contributed by atoms with E-state index in [4.69, 9.17) is 4.42 Å². The second-order valence-electron chi connectivity index (χ2n) is 11.3. The number of hydrogen-bond donors (Lipinski definition) is 3. The molecule has 3 N–H and O–H groups in total. The van der Waals surface area contributed by atoms with Gasteiger partial charge in [-0.3, -0.25) is 19.1 Å². The van der Waals surface area contributed by atoms with Crippen molar-refractivity contribution in [3.05, 3.63) is 135 Å². The van der Waals surface area contributed by atoms with Gasteiger partial charge in [-0.1, -0.05) is 30.3 Å². The van der Waals surface area contributed by atoms with Gasteiger partial charge in [-0.15, -0.1) is 0 Å². The topological polar surface area (TPSA) is 147 Å². The van der Waals surface area contributed by atoms with Crippen molar-refractivity contribution in [2.24, 2.45) is 7.05 Å². The maximum absolute atomic E-state index is 13.3. The highest BCUT2D eigenvalue weighted by Crippen LogP contribution is 2.23. The smallest absolute Gasteiger partial charge is 0.335 e. The van der Waals surface area contributed by atoms with Crippen LogP contribution in [0, 0.1) is 0 Å². The van der Waals surface area contributed by atoms with Gasteiger partial charge >= 0.3 is 5.97 Å². The molecule has 2 heterocycles. The fourth-order valence-corrected chi connectivity index (χ4v) is 5.35. The maximum Gasteiger partial charge on any atom is 0.335 e. The second-order valence-corrected chi connectivity index (χ2v) is 11.3. The number of para-hydroxylation sites is 1. The predicted molar refractivity (Wildman–Crippen MR) is 179 cm³/mol. The van der Waals surface area contributed by atoms with Crippen molar-refractivity contribution in [3.63, 3.8) is 0 Å². The SMILES string of the molecule is CN(CCc1ccc(NC(=O)c2ccc(C(=O)O)cc2NC(=O)c2cc(=O)c3ccccc3o2)cc1)Cc1ccc2c(cnn2C)c1. The summed E-state index contributed by atoms with van der Waals surface area (Å²) in [5, 5.41) is 20.6. The number of aryl methyl sites for hydroxylation is 1. The summed E-state index contributed by atoms with van der Waals surface area (Å²) in [6.45, 7) is 1.62. The van der Waals surface area contributed by atoms with Gasteiger partial charge in [0.05, 0.1) is 33.9 Å². The highest BCUT2D eigenvalue weighted by atomic mass is 16.4. The Kier molecular flexibility index (Phi) is 8.63. The third kappa shape index (κ3) is 6.95. The first-order valence-electron chi connectivity index (χ1n) is 14.9. The van der Waals surface area contributed by atoms with E-state index in [1.165, 1.54) is 23.8 Å². The van der Waals surface area contributed by atoms with Crippen LogP contribution in [0.5, 0.6) is 0 Å². The van der Waals surface area contributed by atoms with Crippen molar-refractivity contribution in [2.75, 3.05) is 24.2 Å². The minimum absolute atomic E-state index is 0.0293. The summed E-state index contributed by atoms with van der Waals surface area (Å²) in [5.74, 6) is -2.89. The summed E-state index contributed by atoms with van der Waals surface area (Å²) in [6.07, 6.45) is 2.67. The van der Waals surface area contributed by atoms with Crippen molar-refractivity contribution < 1.29 is 23.9 Å². The van der Waals surface area contributed by atoms with E-state index in [1.807, 2.05) is 30.1 Å². The third-order valence-corrected chi connectivity index (χ3v) is 7.87. The highest BCUT2D eigenvalue weighted by molar-refractivity contribution is 6.13. The largest absolute Gasteiger partial charge is 0.478 e. The lowest BCUT2D eigenvalue weighted by molar-refractivity contribution is 0.0696. The highest BCUT2D eigenvalue weighted by Gasteiger charge is 2.19. The molecule has 4 aromatic carbocycles. The van der Waals surface area contributed by atoms with E-state index in [0.29, 0.717) is 11.1 Å². The Hall–Kier alpha value is -6.07. The number of amides is 2. The lowest BCUT2D eigenvalue weighted by atomic mass is 10.1. The Morgan fingerprint density at radius 3 is 2.45 bits per heavy atom. The average Bonchev–Trinajstić information content (AvgIpc) is 3.43. The lowest BCUT2D eigenvalue weighted by Crippen LogP contribution is -2.21. The van der Waals surface area contributed by atoms with E-state index in [-0.39, 0.29) is 28.2 Å². The molecule has 236 valence electrons. The zero-order valence-electron chi connectivity index (χ0n) is 25.7. The maximum atomic E-state index is 13.3. The molecule has 6 aromatic rings. The number of carboxylic acid groups (broad SMARTS) is 1. The van der Waals surface area contributed by atoms with Crippen molar-refractivity contribution in [1.29, 1.82) is 0 Å². The third-order valence-electron chi connectivity index (χ3n) is 7.87. The van der Waals surface area contributed by atoms with Crippen LogP contribution in [0.1, 0.15) is 42.4 Å². The van der Waals surface area contributed by atoms with Gasteiger partial charge < -0.3 is 25.1 Å². The van der Waals surface area contributed by atoms with E-state index in [2.05, 4.69) is 45.9 Å². The van der Waals surface area contributed by atoms with Crippen LogP contribution in [0.2, 0.25) is 0 Å². The minimum atomic E-state index is -1.24. The molecule has 0 aliphatic heterocycles. The molecule has 0 aliphatic carbocycles. The Morgan fingerprint density at radius 2 is 1.66 bits per heavy atom. The summed E-state index contributed by atoms with van der Waals surface area (Å²) >= 11 is 0. The van der Waals surface area contributed by atoms with Crippen molar-refractivity contribution in [2.45, 2.75) is 13.0 Å². The Morgan fingerprint density at radius 1 is 0.894 bits per heavy atom. The minimum Gasteiger partial charge on any atom is -0.478 e. The molecular formula is C36H31N5O6. The van der Waals surface area contributed by atoms with Crippen molar-refractivity contribution in [1.82, 2.24) is 14.7 Å². The number of carbonyl (C=O) groups is 3. The molecule has 2 aromatic heterocycles. The van der Waals surface area contributed by atoms with Crippen LogP contribution in [0.15, 0.2) is 106 Å². The summed E-state index contributed by atoms with van der Waals surface area (Å²) in [6, 6.07) is 25.1. The Labute approximate surface area is 269 Å². The van der Waals surface area contributed by atoms with Gasteiger partial charge in [0.2, 0.25) is 0 Å². The molecule has 11 nitrogen and oxygen atoms in total. The Bertz CT molecular complexity index is 2200. The summed E-state index contributed by atoms with van der Waals surface area (Å²) in [7, 11) is 4.00. The van der Waals surface area contributed by atoms with Gasteiger partial charge in [-0.25, -0.2) is 4.79 Å². The number of nitrogens with one attached hydrogen (secondary N) is 2. The molecule has 0 radical (unpaired) electrons. The summed E-state index contributed by atoms with van der Waals surface area (Å²) < 4.78 is 7.46. The number of rotatable bonds is 10. The molecule has 6 rings (SSSR count). The first-order chi connectivity index (χ1) is 22.6. The molecule has 0 saturated heterocycles. The zero-order chi connectivity index (χ0) is 33.1. The van der Waals surface area contributed by atoms with Gasteiger partial charge in [-0.05, 0) is 79.2 Å². The first-order valence-corrected chi connectivity index (χ1v) is 14.9. The first kappa shape index (κ1) is 30.9. The molecule has 47 heavy (non-hydrogen) atoms. The van der Waals surface area contributed by atoms with Crippen LogP contribution < -0.4 is 16.1 Å². The zero-order valence-corrected chi connectivity index (χ0v) is 25.7. The van der Waals surface area contributed by atoms with E-state index in [9.17, 15) is 24.3 Å². The van der Waals surface area contributed by atoms with Gasteiger partial charge in [0.15, 0.2) is 11.2 Å². The molecule has 0 spiro atoms. The van der Waals surface area contributed by atoms with E-state index in [0.717, 1.165) is 42.0 Å². The van der Waals surface area contributed by atoms with Gasteiger partial charge in [0, 0.05) is 37.3 Å². The molecule has 0 atom stereocenters. The van der Waals surface area contributed by atoms with Crippen LogP contribution >= 0.6 is 0 Å². The fraction of sp³-hybridized carbons (Fsp3) is 0.139. The number of carboxylic acids is 1. The monoisotopic (exact) mass is 629 g/mol. The number of likely N-dealkylation sites (N-methyl/N-ethyl adjacent to an activating group) is 1. The number of anilines is 2. The molecule has 0 aliphatic rings. The second kappa shape index (κ2) is 13.1. The standard InChI is InChI=1S/C36H31N5O6/c1-40(21-23-9-14-30-25(17-23)20-37-41(30)2)16-15-22-7-11-26(12-8-22)38-34(43)27-13-10-24(36(45)46)18-29(27)39-35(44)33-19-31(42)28-5-3-4-6-32(28)47-33/h3-14,17-20H,15-16,21H2,1-2H3,(H,38,43)(H,39,44)(H,45,46). The fourth-order valence-electron chi connectivity index (χ4n) is 5.35. The quantitative estimate of drug-likeness (QED) is 0.179. The van der Waals surface area contributed by atoms with Crippen LogP contribution in [0.3, 0.4) is 0 Å². The van der Waals surface area contributed by atoms with Crippen LogP contribution in [0.4, 0.5) is 11.4 Å². The molecule has 0 saturated carbocycles. The number of aromatic carboxylic acids is 1. The molecule has 2 amide bonds. The van der Waals surface area contributed by atoms with E-state index < -0.39 is 23.2 Å². The average molecular weight is 630 g/mol. The Balaban J connectivity index is 1.11. The molecular weight excluding hydrogens is 598 g/mol. The van der Waals surface area contributed by atoms with Gasteiger partial charge in [-0.2, -0.15) is 5.10 Å². The van der Waals surface area contributed by atoms with E-state index in [1.54, 1.807) is 36.4 Å². The molecule has 0 fully saturated rings. The number of benzene rings is 4. The van der Waals surface area contributed by atoms with Crippen LogP contribution in [0.25, 0.3) is 21.9 Å². The lowest BCUT2D eigenvalue weighted by Gasteiger charge is -2.17. The number of nitrogens with zero attached hydrogens (tertiary/aromatic N) is 3. The van der Waals surface area contributed by atoms with Gasteiger partial charge in [0.1, 0.15) is 5.58 Å². The molecule has 0 bridgehead atoms. The summed E-state index contributed by atoms with van der Waals surface area (Å²) in [5.41, 5.74) is 3.57. The predicted octanol–water partition coefficient (Wildman–Crippen LogP) is 5.56. The van der Waals surface area contributed by atoms with E-state index >= 15 is 0 Å². The van der Waals surface area contributed by atoms with Gasteiger partial charge in [0.25, 0.3) is 11.8 Å². The normalized spacial score (nSPS) is 11.2. The number of fused-ring (bicyclic) bond motifs is 2. The molecule has 0 unspecified atom stereocenters. The van der Waals surface area contributed by atoms with Crippen molar-refractivity contribution >= 4 is 51.0 Å². The molecule has 11 heteroatoms. The van der Waals surface area contributed by atoms with Crippen LogP contribution in [-0.4, -0.2) is 51.2 Å². The number of carbonyl (C=O) groups excluding carboxylic acids is 2. The number of hydrogen-bond acceptors (Lipinski definition) is 7. The number of aromatic nitrogens is 2.